The van der Waals surface area contributed by atoms with Gasteiger partial charge in [0.1, 0.15) is 21.8 Å². The van der Waals surface area contributed by atoms with Gasteiger partial charge in [0.15, 0.2) is 0 Å². The second-order valence-corrected chi connectivity index (χ2v) is 11.5. The van der Waals surface area contributed by atoms with E-state index in [1.54, 1.807) is 4.57 Å². The Balaban J connectivity index is 1.83. The van der Waals surface area contributed by atoms with Crippen LogP contribution in [0, 0.1) is 24.2 Å². The van der Waals surface area contributed by atoms with Crippen molar-refractivity contribution >= 4 is 46.1 Å². The maximum atomic E-state index is 13.5. The number of hydrogen-bond acceptors (Lipinski definition) is 6. The average molecular weight is 499 g/mol. The zero-order chi connectivity index (χ0) is 24.4. The molecule has 3 fully saturated rings. The summed E-state index contributed by atoms with van der Waals surface area (Å²) in [6.07, 6.45) is 10.3. The van der Waals surface area contributed by atoms with E-state index in [-0.39, 0.29) is 23.1 Å². The summed E-state index contributed by atoms with van der Waals surface area (Å²) in [5.74, 6) is 1.46. The Bertz CT molecular complexity index is 1100. The fourth-order valence-corrected chi connectivity index (χ4v) is 6.78. The predicted octanol–water partition coefficient (Wildman–Crippen LogP) is 5.21. The summed E-state index contributed by atoms with van der Waals surface area (Å²) >= 11 is 6.99. The lowest BCUT2D eigenvalue weighted by Crippen LogP contribution is -2.40. The van der Waals surface area contributed by atoms with Crippen LogP contribution in [-0.4, -0.2) is 38.8 Å². The van der Waals surface area contributed by atoms with E-state index >= 15 is 0 Å². The molecule has 6 nitrogen and oxygen atoms in total. The number of anilines is 1. The molecule has 34 heavy (non-hydrogen) atoms. The molecular formula is C26H34N4O2S2. The van der Waals surface area contributed by atoms with Crippen molar-refractivity contribution in [2.45, 2.75) is 84.7 Å². The van der Waals surface area contributed by atoms with Gasteiger partial charge in [0.05, 0.1) is 4.91 Å². The molecule has 182 valence electrons. The van der Waals surface area contributed by atoms with Crippen LogP contribution in [-0.2, 0) is 11.3 Å². The summed E-state index contributed by atoms with van der Waals surface area (Å²) in [7, 11) is 0. The first-order chi connectivity index (χ1) is 16.4. The highest BCUT2D eigenvalue weighted by Crippen LogP contribution is 2.39. The van der Waals surface area contributed by atoms with Crippen LogP contribution >= 0.6 is 24.0 Å². The van der Waals surface area contributed by atoms with Crippen molar-refractivity contribution in [2.75, 3.05) is 18.0 Å². The van der Waals surface area contributed by atoms with E-state index in [9.17, 15) is 14.9 Å². The fraction of sp³-hybridized carbons (Fsp3) is 0.615. The van der Waals surface area contributed by atoms with Gasteiger partial charge in [0, 0.05) is 31.2 Å². The molecule has 0 N–H and O–H groups in total. The van der Waals surface area contributed by atoms with E-state index in [0.29, 0.717) is 27.3 Å². The quantitative estimate of drug-likeness (QED) is 0.410. The molecule has 0 aromatic carbocycles. The lowest BCUT2D eigenvalue weighted by atomic mass is 9.94. The normalized spacial score (nSPS) is 21.5. The third kappa shape index (κ3) is 4.70. The first-order valence-electron chi connectivity index (χ1n) is 12.6. The Morgan fingerprint density at radius 3 is 2.44 bits per heavy atom. The largest absolute Gasteiger partial charge is 0.357 e. The zero-order valence-electron chi connectivity index (χ0n) is 20.4. The lowest BCUT2D eigenvalue weighted by molar-refractivity contribution is -0.124. The van der Waals surface area contributed by atoms with Crippen LogP contribution in [0.25, 0.3) is 6.08 Å². The second kappa shape index (κ2) is 10.7. The van der Waals surface area contributed by atoms with Crippen molar-refractivity contribution in [3.05, 3.63) is 31.9 Å². The molecule has 3 heterocycles. The van der Waals surface area contributed by atoms with E-state index in [0.717, 1.165) is 69.4 Å². The number of carbonyl (C=O) groups is 1. The number of carbonyl (C=O) groups excluding carboxylic acids is 1. The maximum absolute atomic E-state index is 13.5. The SMILES string of the molecule is CCCn1c(N2CCC(C)CC2)c(C=C2SC(=S)N(C3CCCCC3)C2=O)c(C)c(C#N)c1=O. The van der Waals surface area contributed by atoms with Crippen LogP contribution in [0.1, 0.15) is 81.9 Å². The van der Waals surface area contributed by atoms with Crippen LogP contribution in [0.5, 0.6) is 0 Å². The summed E-state index contributed by atoms with van der Waals surface area (Å²) in [5.41, 5.74) is 1.39. The van der Waals surface area contributed by atoms with Crippen molar-refractivity contribution < 1.29 is 4.79 Å². The highest BCUT2D eigenvalue weighted by Gasteiger charge is 2.38. The van der Waals surface area contributed by atoms with Gasteiger partial charge in [-0.2, -0.15) is 5.26 Å². The monoisotopic (exact) mass is 498 g/mol. The Labute approximate surface area is 212 Å². The van der Waals surface area contributed by atoms with E-state index in [4.69, 9.17) is 12.2 Å². The zero-order valence-corrected chi connectivity index (χ0v) is 22.1. The fourth-order valence-electron chi connectivity index (χ4n) is 5.40. The molecule has 1 aromatic heterocycles. The van der Waals surface area contributed by atoms with Gasteiger partial charge >= 0.3 is 0 Å². The molecule has 8 heteroatoms. The summed E-state index contributed by atoms with van der Waals surface area (Å²) in [6, 6.07) is 2.32. The number of aromatic nitrogens is 1. The Hall–Kier alpha value is -2.11. The van der Waals surface area contributed by atoms with Crippen molar-refractivity contribution in [2.24, 2.45) is 5.92 Å². The molecule has 1 saturated carbocycles. The Morgan fingerprint density at radius 2 is 1.82 bits per heavy atom. The van der Waals surface area contributed by atoms with Crippen LogP contribution in [0.15, 0.2) is 9.70 Å². The molecule has 2 saturated heterocycles. The van der Waals surface area contributed by atoms with Gasteiger partial charge in [0.25, 0.3) is 11.5 Å². The van der Waals surface area contributed by atoms with Gasteiger partial charge in [-0.15, -0.1) is 0 Å². The minimum atomic E-state index is -0.234. The Kier molecular flexibility index (Phi) is 7.83. The number of thioether (sulfide) groups is 1. The van der Waals surface area contributed by atoms with Gasteiger partial charge < -0.3 is 4.90 Å². The number of amides is 1. The summed E-state index contributed by atoms with van der Waals surface area (Å²) in [5, 5.41) is 9.82. The molecule has 0 spiro atoms. The van der Waals surface area contributed by atoms with Crippen LogP contribution in [0.2, 0.25) is 0 Å². The van der Waals surface area contributed by atoms with E-state index < -0.39 is 0 Å². The minimum Gasteiger partial charge on any atom is -0.357 e. The number of thiocarbonyl (C=S) groups is 1. The molecule has 4 rings (SSSR count). The molecule has 1 amide bonds. The van der Waals surface area contributed by atoms with Crippen molar-refractivity contribution in [1.29, 1.82) is 5.26 Å². The number of piperidine rings is 1. The third-order valence-corrected chi connectivity index (χ3v) is 8.75. The molecule has 3 aliphatic rings. The van der Waals surface area contributed by atoms with Gasteiger partial charge in [-0.1, -0.05) is 57.1 Å². The third-order valence-electron chi connectivity index (χ3n) is 7.42. The lowest BCUT2D eigenvalue weighted by Gasteiger charge is -2.35. The number of nitriles is 1. The molecular weight excluding hydrogens is 464 g/mol. The minimum absolute atomic E-state index is 0.0359. The summed E-state index contributed by atoms with van der Waals surface area (Å²) in [4.78, 5) is 31.5. The smallest absolute Gasteiger partial charge is 0.270 e. The van der Waals surface area contributed by atoms with Gasteiger partial charge in [-0.3, -0.25) is 19.1 Å². The molecule has 0 unspecified atom stereocenters. The number of pyridine rings is 1. The van der Waals surface area contributed by atoms with Gasteiger partial charge in [-0.25, -0.2) is 0 Å². The van der Waals surface area contributed by atoms with Crippen molar-refractivity contribution in [1.82, 2.24) is 9.47 Å². The summed E-state index contributed by atoms with van der Waals surface area (Å²) < 4.78 is 2.38. The van der Waals surface area contributed by atoms with E-state index in [1.165, 1.54) is 18.2 Å². The van der Waals surface area contributed by atoms with Crippen LogP contribution in [0.3, 0.4) is 0 Å². The van der Waals surface area contributed by atoms with Crippen molar-refractivity contribution in [3.8, 4) is 6.07 Å². The summed E-state index contributed by atoms with van der Waals surface area (Å²) in [6.45, 7) is 8.39. The highest BCUT2D eigenvalue weighted by atomic mass is 32.2. The molecule has 0 radical (unpaired) electrons. The van der Waals surface area contributed by atoms with Crippen LogP contribution < -0.4 is 10.5 Å². The van der Waals surface area contributed by atoms with E-state index in [1.807, 2.05) is 24.8 Å². The maximum Gasteiger partial charge on any atom is 0.270 e. The van der Waals surface area contributed by atoms with Crippen molar-refractivity contribution in [3.63, 3.8) is 0 Å². The molecule has 1 aliphatic carbocycles. The van der Waals surface area contributed by atoms with E-state index in [2.05, 4.69) is 17.9 Å². The molecule has 0 bridgehead atoms. The van der Waals surface area contributed by atoms with Crippen LogP contribution in [0.4, 0.5) is 5.82 Å². The first kappa shape index (κ1) is 25.0. The highest BCUT2D eigenvalue weighted by molar-refractivity contribution is 8.26. The average Bonchev–Trinajstić information content (AvgIpc) is 3.11. The standard InChI is InChI=1S/C26H34N4O2S2/c1-4-12-29-23(28-13-10-17(2)11-14-28)20(18(3)21(16-27)24(29)31)15-22-25(32)30(26(33)34-22)19-8-6-5-7-9-19/h15,17,19H,4-14H2,1-3H3. The molecule has 1 aromatic rings. The predicted molar refractivity (Wildman–Crippen MR) is 143 cm³/mol. The first-order valence-corrected chi connectivity index (χ1v) is 13.8. The number of rotatable bonds is 5. The molecule has 2 aliphatic heterocycles. The second-order valence-electron chi connectivity index (χ2n) is 9.82. The number of hydrogen-bond donors (Lipinski definition) is 0. The molecule has 0 atom stereocenters. The van der Waals surface area contributed by atoms with Gasteiger partial charge in [-0.05, 0) is 56.6 Å². The number of nitrogens with zero attached hydrogens (tertiary/aromatic N) is 4. The topological polar surface area (TPSA) is 69.3 Å². The van der Waals surface area contributed by atoms with Gasteiger partial charge in [0.2, 0.25) is 0 Å². The Morgan fingerprint density at radius 1 is 1.15 bits per heavy atom.